The van der Waals surface area contributed by atoms with Crippen LogP contribution in [-0.2, 0) is 19.5 Å². The summed E-state index contributed by atoms with van der Waals surface area (Å²) in [7, 11) is 4.28. The fraction of sp³-hybridized carbons (Fsp3) is 0.467. The summed E-state index contributed by atoms with van der Waals surface area (Å²) in [5, 5.41) is 0. The molecule has 0 amide bonds. The maximum atomic E-state index is 2.29. The van der Waals surface area contributed by atoms with E-state index in [0.29, 0.717) is 0 Å². The molecule has 2 nitrogen and oxygen atoms in total. The average Bonchev–Trinajstić information content (AvgIpc) is 2.75. The summed E-state index contributed by atoms with van der Waals surface area (Å²) >= 11 is 0. The van der Waals surface area contributed by atoms with E-state index in [1.54, 1.807) is 0 Å². The number of aromatic nitrogens is 2. The Hall–Kier alpha value is -1.44. The summed E-state index contributed by atoms with van der Waals surface area (Å²) < 4.78 is 4.56. The molecule has 0 radical (unpaired) electrons. The molecule has 2 aromatic heterocycles. The summed E-state index contributed by atoms with van der Waals surface area (Å²) in [5.74, 6) is 0. The minimum atomic E-state index is 0.0338. The topological polar surface area (TPSA) is 9.86 Å². The van der Waals surface area contributed by atoms with Gasteiger partial charge < -0.3 is 9.13 Å². The van der Waals surface area contributed by atoms with Crippen molar-refractivity contribution in [2.75, 3.05) is 0 Å². The van der Waals surface area contributed by atoms with Gasteiger partial charge in [0, 0.05) is 42.3 Å². The lowest BCUT2D eigenvalue weighted by Crippen LogP contribution is -2.25. The van der Waals surface area contributed by atoms with E-state index >= 15 is 0 Å². The van der Waals surface area contributed by atoms with Crippen molar-refractivity contribution in [1.29, 1.82) is 0 Å². The van der Waals surface area contributed by atoms with Crippen LogP contribution in [0.3, 0.4) is 0 Å². The zero-order valence-electron chi connectivity index (χ0n) is 11.7. The van der Waals surface area contributed by atoms with Gasteiger partial charge in [0.1, 0.15) is 0 Å². The van der Waals surface area contributed by atoms with Crippen LogP contribution < -0.4 is 0 Å². The van der Waals surface area contributed by atoms with Crippen molar-refractivity contribution in [3.8, 4) is 0 Å². The Kier molecular flexibility index (Phi) is 2.69. The van der Waals surface area contributed by atoms with Crippen molar-refractivity contribution in [2.24, 2.45) is 14.1 Å². The van der Waals surface area contributed by atoms with E-state index < -0.39 is 0 Å². The monoisotopic (exact) mass is 230 g/mol. The van der Waals surface area contributed by atoms with Crippen LogP contribution in [0.25, 0.3) is 0 Å². The van der Waals surface area contributed by atoms with Crippen LogP contribution in [0.1, 0.15) is 36.6 Å². The normalized spacial score (nSPS) is 12.1. The number of hydrogen-bond donors (Lipinski definition) is 0. The largest absolute Gasteiger partial charge is 0.351 e. The Labute approximate surface area is 104 Å². The Balaban J connectivity index is 2.57. The first-order chi connectivity index (χ1) is 7.85. The summed E-state index contributed by atoms with van der Waals surface area (Å²) in [6.07, 6.45) is 0. The molecular formula is C15H22N2. The molecule has 0 aliphatic rings. The van der Waals surface area contributed by atoms with E-state index in [4.69, 9.17) is 0 Å². The van der Waals surface area contributed by atoms with Crippen LogP contribution in [0.4, 0.5) is 0 Å². The number of aryl methyl sites for hydroxylation is 2. The van der Waals surface area contributed by atoms with Gasteiger partial charge in [-0.25, -0.2) is 0 Å². The van der Waals surface area contributed by atoms with Gasteiger partial charge >= 0.3 is 0 Å². The second-order valence-corrected chi connectivity index (χ2v) is 5.46. The first kappa shape index (κ1) is 12.0. The van der Waals surface area contributed by atoms with Gasteiger partial charge in [0.2, 0.25) is 0 Å². The second-order valence-electron chi connectivity index (χ2n) is 5.46. The van der Waals surface area contributed by atoms with Crippen LogP contribution in [0.5, 0.6) is 0 Å². The maximum Gasteiger partial charge on any atom is 0.0451 e. The molecule has 17 heavy (non-hydrogen) atoms. The zero-order chi connectivity index (χ0) is 12.8. The molecule has 0 aliphatic carbocycles. The van der Waals surface area contributed by atoms with Crippen LogP contribution >= 0.6 is 0 Å². The van der Waals surface area contributed by atoms with Crippen molar-refractivity contribution >= 4 is 0 Å². The van der Waals surface area contributed by atoms with Gasteiger partial charge in [0.25, 0.3) is 0 Å². The van der Waals surface area contributed by atoms with E-state index in [0.717, 1.165) is 0 Å². The minimum Gasteiger partial charge on any atom is -0.351 e. The zero-order valence-corrected chi connectivity index (χ0v) is 11.7. The van der Waals surface area contributed by atoms with Gasteiger partial charge in [0.15, 0.2) is 0 Å². The molecule has 0 N–H and O–H groups in total. The molecule has 0 atom stereocenters. The summed E-state index contributed by atoms with van der Waals surface area (Å²) in [6, 6.07) is 8.84. The van der Waals surface area contributed by atoms with Crippen molar-refractivity contribution in [3.63, 3.8) is 0 Å². The van der Waals surface area contributed by atoms with Crippen LogP contribution in [0.2, 0.25) is 0 Å². The van der Waals surface area contributed by atoms with Crippen LogP contribution in [0.15, 0.2) is 24.3 Å². The highest BCUT2D eigenvalue weighted by Crippen LogP contribution is 2.32. The Bertz CT molecular complexity index is 493. The third-order valence-electron chi connectivity index (χ3n) is 4.03. The second kappa shape index (κ2) is 3.80. The van der Waals surface area contributed by atoms with Crippen LogP contribution in [0, 0.1) is 13.8 Å². The van der Waals surface area contributed by atoms with Crippen molar-refractivity contribution in [2.45, 2.75) is 33.1 Å². The molecule has 0 aliphatic heterocycles. The molecule has 2 heterocycles. The highest BCUT2D eigenvalue weighted by molar-refractivity contribution is 5.34. The fourth-order valence-corrected chi connectivity index (χ4v) is 2.61. The van der Waals surface area contributed by atoms with Gasteiger partial charge in [-0.3, -0.25) is 0 Å². The first-order valence-electron chi connectivity index (χ1n) is 6.11. The molecule has 2 aromatic rings. The highest BCUT2D eigenvalue weighted by Gasteiger charge is 2.28. The number of hydrogen-bond acceptors (Lipinski definition) is 0. The molecule has 2 heteroatoms. The molecule has 0 aromatic carbocycles. The highest BCUT2D eigenvalue weighted by atomic mass is 15.0. The van der Waals surface area contributed by atoms with Crippen molar-refractivity contribution in [3.05, 3.63) is 47.0 Å². The van der Waals surface area contributed by atoms with E-state index in [9.17, 15) is 0 Å². The van der Waals surface area contributed by atoms with Crippen molar-refractivity contribution in [1.82, 2.24) is 9.13 Å². The third-order valence-corrected chi connectivity index (χ3v) is 4.03. The predicted octanol–water partition coefficient (Wildman–Crippen LogP) is 3.31. The van der Waals surface area contributed by atoms with Gasteiger partial charge in [-0.05, 0) is 52.0 Å². The lowest BCUT2D eigenvalue weighted by molar-refractivity contribution is 0.539. The molecule has 92 valence electrons. The van der Waals surface area contributed by atoms with Crippen LogP contribution in [-0.4, -0.2) is 9.13 Å². The van der Waals surface area contributed by atoms with Gasteiger partial charge in [-0.2, -0.15) is 0 Å². The molecule has 2 rings (SSSR count). The van der Waals surface area contributed by atoms with E-state index in [-0.39, 0.29) is 5.41 Å². The Morgan fingerprint density at radius 3 is 1.35 bits per heavy atom. The molecule has 0 saturated heterocycles. The molecular weight excluding hydrogens is 208 g/mol. The minimum absolute atomic E-state index is 0.0338. The van der Waals surface area contributed by atoms with Crippen molar-refractivity contribution < 1.29 is 0 Å². The van der Waals surface area contributed by atoms with E-state index in [1.807, 2.05) is 0 Å². The van der Waals surface area contributed by atoms with Gasteiger partial charge in [-0.1, -0.05) is 0 Å². The lowest BCUT2D eigenvalue weighted by Gasteiger charge is -2.27. The molecule has 0 saturated carbocycles. The molecule has 0 unspecified atom stereocenters. The van der Waals surface area contributed by atoms with Gasteiger partial charge in [0.05, 0.1) is 0 Å². The van der Waals surface area contributed by atoms with E-state index in [1.165, 1.54) is 22.8 Å². The first-order valence-corrected chi connectivity index (χ1v) is 6.11. The summed E-state index contributed by atoms with van der Waals surface area (Å²) in [4.78, 5) is 0. The smallest absolute Gasteiger partial charge is 0.0451 e. The van der Waals surface area contributed by atoms with E-state index in [2.05, 4.69) is 75.2 Å². The standard InChI is InChI=1S/C15H22N2/c1-11-7-9-13(16(11)5)15(3,4)14-10-8-12(2)17(14)6/h7-10H,1-6H3. The number of rotatable bonds is 2. The summed E-state index contributed by atoms with van der Waals surface area (Å²) in [6.45, 7) is 8.87. The van der Waals surface area contributed by atoms with Gasteiger partial charge in [-0.15, -0.1) is 0 Å². The molecule has 0 bridgehead atoms. The Morgan fingerprint density at radius 1 is 0.765 bits per heavy atom. The summed E-state index contributed by atoms with van der Waals surface area (Å²) in [5.41, 5.74) is 5.36. The fourth-order valence-electron chi connectivity index (χ4n) is 2.61. The number of nitrogens with zero attached hydrogens (tertiary/aromatic N) is 2. The molecule has 0 spiro atoms. The SMILES string of the molecule is Cc1ccc(C(C)(C)c2ccc(C)n2C)n1C. The molecule has 0 fully saturated rings. The predicted molar refractivity (Wildman–Crippen MR) is 72.4 cm³/mol. The Morgan fingerprint density at radius 2 is 1.12 bits per heavy atom. The third kappa shape index (κ3) is 1.72. The lowest BCUT2D eigenvalue weighted by atomic mass is 9.85. The quantitative estimate of drug-likeness (QED) is 0.749. The average molecular weight is 230 g/mol. The maximum absolute atomic E-state index is 2.29.